The van der Waals surface area contributed by atoms with Gasteiger partial charge < -0.3 is 14.4 Å². The molecule has 1 amide bonds. The van der Waals surface area contributed by atoms with Crippen molar-refractivity contribution in [2.75, 3.05) is 33.9 Å². The van der Waals surface area contributed by atoms with E-state index < -0.39 is 0 Å². The minimum absolute atomic E-state index is 0.0412. The second kappa shape index (κ2) is 7.59. The Kier molecular flexibility index (Phi) is 5.48. The minimum Gasteiger partial charge on any atom is -0.374 e. The third-order valence-electron chi connectivity index (χ3n) is 4.83. The summed E-state index contributed by atoms with van der Waals surface area (Å²) in [6.07, 6.45) is 1.82. The molecular weight excluding hydrogens is 311 g/mol. The Morgan fingerprint density at radius 2 is 2.21 bits per heavy atom. The molecule has 132 valence electrons. The van der Waals surface area contributed by atoms with Crippen LogP contribution in [-0.2, 0) is 20.8 Å². The van der Waals surface area contributed by atoms with Crippen LogP contribution >= 0.6 is 0 Å². The van der Waals surface area contributed by atoms with Gasteiger partial charge in [-0.15, -0.1) is 0 Å². The summed E-state index contributed by atoms with van der Waals surface area (Å²) in [5.74, 6) is -0.243. The third-order valence-corrected chi connectivity index (χ3v) is 4.83. The van der Waals surface area contributed by atoms with Crippen LogP contribution in [0, 0.1) is 5.82 Å². The maximum atomic E-state index is 14.0. The lowest BCUT2D eigenvalue weighted by molar-refractivity contribution is -0.139. The average molecular weight is 336 g/mol. The van der Waals surface area contributed by atoms with Crippen molar-refractivity contribution in [2.45, 2.75) is 37.6 Å². The van der Waals surface area contributed by atoms with Crippen molar-refractivity contribution in [3.8, 4) is 0 Å². The third kappa shape index (κ3) is 3.77. The lowest BCUT2D eigenvalue weighted by Gasteiger charge is -2.32. The first-order valence-electron chi connectivity index (χ1n) is 8.47. The summed E-state index contributed by atoms with van der Waals surface area (Å²) in [6, 6.07) is 7.08. The molecular formula is C18H25FN2O3. The minimum atomic E-state index is -0.182. The van der Waals surface area contributed by atoms with Crippen LogP contribution in [0.2, 0.25) is 0 Å². The number of carbonyl (C=O) groups is 1. The summed E-state index contributed by atoms with van der Waals surface area (Å²) in [5, 5.41) is 0. The van der Waals surface area contributed by atoms with E-state index in [4.69, 9.17) is 9.47 Å². The lowest BCUT2D eigenvalue weighted by atomic mass is 10.0. The van der Waals surface area contributed by atoms with Crippen LogP contribution in [0.1, 0.15) is 18.4 Å². The van der Waals surface area contributed by atoms with Crippen LogP contribution in [-0.4, -0.2) is 67.8 Å². The zero-order valence-corrected chi connectivity index (χ0v) is 14.3. The highest BCUT2D eigenvalue weighted by Gasteiger charge is 2.44. The fraction of sp³-hybridized carbons (Fsp3) is 0.611. The number of rotatable bonds is 5. The molecule has 0 radical (unpaired) electrons. The summed E-state index contributed by atoms with van der Waals surface area (Å²) < 4.78 is 25.7. The maximum Gasteiger partial charge on any atom is 0.248 e. The van der Waals surface area contributed by atoms with Crippen LogP contribution in [0.25, 0.3) is 0 Å². The summed E-state index contributed by atoms with van der Waals surface area (Å²) in [5.41, 5.74) is 0.687. The summed E-state index contributed by atoms with van der Waals surface area (Å²) in [4.78, 5) is 15.5. The van der Waals surface area contributed by atoms with Gasteiger partial charge in [0.15, 0.2) is 0 Å². The van der Waals surface area contributed by atoms with Crippen LogP contribution in [0.3, 0.4) is 0 Å². The van der Waals surface area contributed by atoms with E-state index in [9.17, 15) is 9.18 Å². The molecule has 2 heterocycles. The van der Waals surface area contributed by atoms with Gasteiger partial charge in [-0.3, -0.25) is 9.69 Å². The predicted octanol–water partition coefficient (Wildman–Crippen LogP) is 1.66. The smallest absolute Gasteiger partial charge is 0.248 e. The fourth-order valence-corrected chi connectivity index (χ4v) is 3.49. The summed E-state index contributed by atoms with van der Waals surface area (Å²) in [6.45, 7) is 1.97. The molecule has 0 N–H and O–H groups in total. The molecule has 5 nitrogen and oxygen atoms in total. The van der Waals surface area contributed by atoms with E-state index in [1.54, 1.807) is 20.2 Å². The molecule has 0 bridgehead atoms. The highest BCUT2D eigenvalue weighted by atomic mass is 19.1. The number of hydrogen-bond donors (Lipinski definition) is 0. The molecule has 6 heteroatoms. The van der Waals surface area contributed by atoms with Crippen LogP contribution < -0.4 is 0 Å². The first kappa shape index (κ1) is 17.3. The molecule has 0 aromatic heterocycles. The zero-order valence-electron chi connectivity index (χ0n) is 14.3. The Bertz CT molecular complexity index is 581. The standard InChI is InChI=1S/C18H25FN2O3/c1-20(2)17(22)12-24-16-11-21(15-8-5-9-23-18(15)16)10-13-6-3-4-7-14(13)19/h3-4,6-7,15-16,18H,5,8-12H2,1-2H3/t15-,16-,18+/m1/s1. The molecule has 24 heavy (non-hydrogen) atoms. The van der Waals surface area contributed by atoms with Crippen molar-refractivity contribution < 1.29 is 18.7 Å². The zero-order chi connectivity index (χ0) is 17.1. The van der Waals surface area contributed by atoms with Crippen molar-refractivity contribution >= 4 is 5.91 Å². The molecule has 1 aromatic carbocycles. The second-order valence-corrected chi connectivity index (χ2v) is 6.70. The number of carbonyl (C=O) groups excluding carboxylic acids is 1. The molecule has 0 aliphatic carbocycles. The van der Waals surface area contributed by atoms with Gasteiger partial charge in [-0.05, 0) is 18.9 Å². The molecule has 0 saturated carbocycles. The summed E-state index contributed by atoms with van der Waals surface area (Å²) >= 11 is 0. The number of halogens is 1. The van der Waals surface area contributed by atoms with Gasteiger partial charge in [0, 0.05) is 45.4 Å². The Morgan fingerprint density at radius 3 is 2.96 bits per heavy atom. The fourth-order valence-electron chi connectivity index (χ4n) is 3.49. The molecule has 2 aliphatic rings. The van der Waals surface area contributed by atoms with Crippen LogP contribution in [0.15, 0.2) is 24.3 Å². The highest BCUT2D eigenvalue weighted by molar-refractivity contribution is 5.76. The van der Waals surface area contributed by atoms with Crippen molar-refractivity contribution in [3.63, 3.8) is 0 Å². The van der Waals surface area contributed by atoms with E-state index in [1.807, 2.05) is 12.1 Å². The molecule has 3 atom stereocenters. The van der Waals surface area contributed by atoms with Crippen molar-refractivity contribution in [1.82, 2.24) is 9.80 Å². The average Bonchev–Trinajstić information content (AvgIpc) is 2.93. The van der Waals surface area contributed by atoms with Gasteiger partial charge in [0.05, 0.1) is 6.10 Å². The topological polar surface area (TPSA) is 42.0 Å². The van der Waals surface area contributed by atoms with Crippen LogP contribution in [0.5, 0.6) is 0 Å². The van der Waals surface area contributed by atoms with E-state index in [2.05, 4.69) is 4.90 Å². The Hall–Kier alpha value is -1.50. The molecule has 2 aliphatic heterocycles. The first-order chi connectivity index (χ1) is 11.6. The normalized spacial score (nSPS) is 27.0. The lowest BCUT2D eigenvalue weighted by Crippen LogP contribution is -2.42. The summed E-state index contributed by atoms with van der Waals surface area (Å²) in [7, 11) is 3.43. The van der Waals surface area contributed by atoms with E-state index >= 15 is 0 Å². The van der Waals surface area contributed by atoms with Gasteiger partial charge in [-0.1, -0.05) is 18.2 Å². The van der Waals surface area contributed by atoms with Crippen LogP contribution in [0.4, 0.5) is 4.39 Å². The van der Waals surface area contributed by atoms with Gasteiger partial charge in [0.2, 0.25) is 5.91 Å². The van der Waals surface area contributed by atoms with Gasteiger partial charge in [-0.25, -0.2) is 4.39 Å². The number of amides is 1. The number of nitrogens with zero attached hydrogens (tertiary/aromatic N) is 2. The maximum absolute atomic E-state index is 14.0. The molecule has 3 rings (SSSR count). The number of ether oxygens (including phenoxy) is 2. The predicted molar refractivity (Wildman–Crippen MR) is 88.0 cm³/mol. The number of benzene rings is 1. The number of likely N-dealkylation sites (N-methyl/N-ethyl adjacent to an activating group) is 1. The van der Waals surface area contributed by atoms with E-state index in [1.165, 1.54) is 11.0 Å². The first-order valence-corrected chi connectivity index (χ1v) is 8.47. The Balaban J connectivity index is 1.67. The number of fused-ring (bicyclic) bond motifs is 1. The van der Waals surface area contributed by atoms with Crippen molar-refractivity contribution in [2.24, 2.45) is 0 Å². The van der Waals surface area contributed by atoms with Crippen molar-refractivity contribution in [1.29, 1.82) is 0 Å². The molecule has 0 spiro atoms. The number of hydrogen-bond acceptors (Lipinski definition) is 4. The monoisotopic (exact) mass is 336 g/mol. The van der Waals surface area contributed by atoms with Gasteiger partial charge >= 0.3 is 0 Å². The van der Waals surface area contributed by atoms with Crippen molar-refractivity contribution in [3.05, 3.63) is 35.6 Å². The van der Waals surface area contributed by atoms with E-state index in [0.29, 0.717) is 18.7 Å². The van der Waals surface area contributed by atoms with E-state index in [-0.39, 0.29) is 36.6 Å². The highest BCUT2D eigenvalue weighted by Crippen LogP contribution is 2.32. The Morgan fingerprint density at radius 1 is 1.42 bits per heavy atom. The Labute approximate surface area is 142 Å². The SMILES string of the molecule is CN(C)C(=O)CO[C@@H]1CN(Cc2ccccc2F)[C@@H]2CCCO[C@@H]21. The quantitative estimate of drug-likeness (QED) is 0.820. The van der Waals surface area contributed by atoms with Gasteiger partial charge in [0.1, 0.15) is 18.5 Å². The molecule has 0 unspecified atom stereocenters. The second-order valence-electron chi connectivity index (χ2n) is 6.70. The molecule has 2 fully saturated rings. The van der Waals surface area contributed by atoms with E-state index in [0.717, 1.165) is 19.4 Å². The van der Waals surface area contributed by atoms with Gasteiger partial charge in [0.25, 0.3) is 0 Å². The molecule has 2 saturated heterocycles. The van der Waals surface area contributed by atoms with Gasteiger partial charge in [-0.2, -0.15) is 0 Å². The number of likely N-dealkylation sites (tertiary alicyclic amines) is 1. The largest absolute Gasteiger partial charge is 0.374 e. The molecule has 1 aromatic rings.